The number of unbranched alkanes of at least 4 members (excludes halogenated alkanes) is 58. The number of rotatable bonds is 71. The van der Waals surface area contributed by atoms with E-state index in [2.05, 4.69) is 32.9 Å². The van der Waals surface area contributed by atoms with Crippen molar-refractivity contribution < 1.29 is 28.6 Å². The summed E-state index contributed by atoms with van der Waals surface area (Å²) in [5.74, 6) is -0.834. The number of hydrogen-bond acceptors (Lipinski definition) is 6. The van der Waals surface area contributed by atoms with Crippen molar-refractivity contribution in [1.29, 1.82) is 0 Å². The van der Waals surface area contributed by atoms with Crippen LogP contribution in [0.15, 0.2) is 12.2 Å². The van der Waals surface area contributed by atoms with E-state index in [0.29, 0.717) is 19.3 Å². The lowest BCUT2D eigenvalue weighted by Crippen LogP contribution is -2.30. The third-order valence-corrected chi connectivity index (χ3v) is 17.5. The van der Waals surface area contributed by atoms with Gasteiger partial charge in [0, 0.05) is 19.3 Å². The first kappa shape index (κ1) is 80.2. The molecule has 0 aliphatic carbocycles. The molecule has 0 saturated carbocycles. The molecule has 0 fully saturated rings. The minimum atomic E-state index is -0.765. The zero-order valence-corrected chi connectivity index (χ0v) is 56.1. The Morgan fingerprint density at radius 1 is 0.232 bits per heavy atom. The molecule has 0 rings (SSSR count). The van der Waals surface area contributed by atoms with E-state index in [-0.39, 0.29) is 31.1 Å². The molecule has 1 unspecified atom stereocenters. The predicted molar refractivity (Wildman–Crippen MR) is 358 cm³/mol. The van der Waals surface area contributed by atoms with Gasteiger partial charge in [-0.25, -0.2) is 0 Å². The summed E-state index contributed by atoms with van der Waals surface area (Å²) in [6, 6.07) is 0. The smallest absolute Gasteiger partial charge is 0.306 e. The number of allylic oxidation sites excluding steroid dienone is 2. The summed E-state index contributed by atoms with van der Waals surface area (Å²) in [4.78, 5) is 38.3. The average molecular weight is 1160 g/mol. The van der Waals surface area contributed by atoms with E-state index in [1.165, 1.54) is 340 Å². The second-order valence-corrected chi connectivity index (χ2v) is 25.9. The van der Waals surface area contributed by atoms with Gasteiger partial charge in [0.15, 0.2) is 6.10 Å². The minimum Gasteiger partial charge on any atom is -0.462 e. The van der Waals surface area contributed by atoms with Crippen LogP contribution in [0.2, 0.25) is 0 Å². The maximum Gasteiger partial charge on any atom is 0.306 e. The van der Waals surface area contributed by atoms with Crippen LogP contribution >= 0.6 is 0 Å². The summed E-state index contributed by atoms with van der Waals surface area (Å²) in [7, 11) is 0. The fourth-order valence-corrected chi connectivity index (χ4v) is 11.9. The third-order valence-electron chi connectivity index (χ3n) is 17.5. The van der Waals surface area contributed by atoms with Gasteiger partial charge in [0.2, 0.25) is 0 Å². The summed E-state index contributed by atoms with van der Waals surface area (Å²) in [5.41, 5.74) is 0. The Morgan fingerprint density at radius 3 is 0.610 bits per heavy atom. The highest BCUT2D eigenvalue weighted by atomic mass is 16.6. The zero-order valence-electron chi connectivity index (χ0n) is 56.1. The molecule has 0 spiro atoms. The molecule has 0 aromatic heterocycles. The lowest BCUT2D eigenvalue weighted by molar-refractivity contribution is -0.167. The Morgan fingerprint density at radius 2 is 0.402 bits per heavy atom. The standard InChI is InChI=1S/C76H146O6/c1-4-7-10-13-16-19-21-23-25-27-29-31-33-35-36-37-38-39-40-42-43-45-47-49-51-53-55-57-60-63-66-69-75(78)81-72-73(71-80-74(77)68-65-62-59-18-15-12-9-6-3)82-76(79)70-67-64-61-58-56-54-52-50-48-46-44-41-34-32-30-28-26-24-22-20-17-14-11-8-5-2/h28,30,73H,4-27,29,31-72H2,1-3H3/b30-28-. The predicted octanol–water partition coefficient (Wildman–Crippen LogP) is 26.0. The molecule has 6 nitrogen and oxygen atoms in total. The van der Waals surface area contributed by atoms with E-state index in [1.807, 2.05) is 0 Å². The average Bonchev–Trinajstić information content (AvgIpc) is 3.48. The lowest BCUT2D eigenvalue weighted by atomic mass is 10.0. The molecule has 6 heteroatoms. The quantitative estimate of drug-likeness (QED) is 0.0261. The van der Waals surface area contributed by atoms with Crippen molar-refractivity contribution in [3.8, 4) is 0 Å². The van der Waals surface area contributed by atoms with Gasteiger partial charge in [0.25, 0.3) is 0 Å². The molecule has 0 N–H and O–H groups in total. The Bertz CT molecular complexity index is 1280. The lowest BCUT2D eigenvalue weighted by Gasteiger charge is -2.18. The first-order valence-corrected chi connectivity index (χ1v) is 37.7. The molecular formula is C76H146O6. The maximum absolute atomic E-state index is 12.9. The second-order valence-electron chi connectivity index (χ2n) is 25.9. The molecule has 0 radical (unpaired) electrons. The number of esters is 3. The van der Waals surface area contributed by atoms with Gasteiger partial charge in [-0.1, -0.05) is 386 Å². The van der Waals surface area contributed by atoms with Crippen molar-refractivity contribution in [2.24, 2.45) is 0 Å². The Hall–Kier alpha value is -1.85. The van der Waals surface area contributed by atoms with Crippen molar-refractivity contribution in [3.63, 3.8) is 0 Å². The van der Waals surface area contributed by atoms with Gasteiger partial charge >= 0.3 is 17.9 Å². The van der Waals surface area contributed by atoms with Crippen LogP contribution in [0.25, 0.3) is 0 Å². The summed E-state index contributed by atoms with van der Waals surface area (Å²) in [5, 5.41) is 0. The van der Waals surface area contributed by atoms with Gasteiger partial charge < -0.3 is 14.2 Å². The van der Waals surface area contributed by atoms with Crippen LogP contribution in [-0.4, -0.2) is 37.2 Å². The monoisotopic (exact) mass is 1160 g/mol. The highest BCUT2D eigenvalue weighted by molar-refractivity contribution is 5.71. The molecule has 0 saturated heterocycles. The van der Waals surface area contributed by atoms with Crippen LogP contribution in [0.3, 0.4) is 0 Å². The maximum atomic E-state index is 12.9. The van der Waals surface area contributed by atoms with Crippen LogP contribution < -0.4 is 0 Å². The fourth-order valence-electron chi connectivity index (χ4n) is 11.9. The van der Waals surface area contributed by atoms with Crippen molar-refractivity contribution in [3.05, 3.63) is 12.2 Å². The van der Waals surface area contributed by atoms with Gasteiger partial charge in [-0.05, 0) is 44.9 Å². The summed E-state index contributed by atoms with van der Waals surface area (Å²) in [6.07, 6.45) is 87.2. The highest BCUT2D eigenvalue weighted by Gasteiger charge is 2.20. The van der Waals surface area contributed by atoms with E-state index in [1.54, 1.807) is 0 Å². The number of carbonyl (C=O) groups excluding carboxylic acids is 3. The van der Waals surface area contributed by atoms with Crippen LogP contribution in [-0.2, 0) is 28.6 Å². The van der Waals surface area contributed by atoms with Crippen molar-refractivity contribution >= 4 is 17.9 Å². The molecule has 0 amide bonds. The van der Waals surface area contributed by atoms with Crippen LogP contribution in [0, 0.1) is 0 Å². The largest absolute Gasteiger partial charge is 0.462 e. The molecule has 0 aromatic carbocycles. The van der Waals surface area contributed by atoms with E-state index in [9.17, 15) is 14.4 Å². The van der Waals surface area contributed by atoms with Crippen molar-refractivity contribution in [1.82, 2.24) is 0 Å². The summed E-state index contributed by atoms with van der Waals surface area (Å²) in [6.45, 7) is 6.70. The second kappa shape index (κ2) is 71.6. The van der Waals surface area contributed by atoms with Crippen LogP contribution in [0.4, 0.5) is 0 Å². The summed E-state index contributed by atoms with van der Waals surface area (Å²) < 4.78 is 16.9. The van der Waals surface area contributed by atoms with Crippen molar-refractivity contribution in [2.45, 2.75) is 444 Å². The molecule has 486 valence electrons. The molecule has 82 heavy (non-hydrogen) atoms. The topological polar surface area (TPSA) is 78.9 Å². The van der Waals surface area contributed by atoms with E-state index >= 15 is 0 Å². The molecule has 1 atom stereocenters. The number of ether oxygens (including phenoxy) is 3. The van der Waals surface area contributed by atoms with Gasteiger partial charge in [0.05, 0.1) is 0 Å². The Kier molecular flexibility index (Phi) is 70.0. The molecule has 0 bridgehead atoms. The Balaban J connectivity index is 3.99. The third kappa shape index (κ3) is 68.9. The van der Waals surface area contributed by atoms with Gasteiger partial charge in [-0.2, -0.15) is 0 Å². The molecule has 0 aromatic rings. The normalized spacial score (nSPS) is 12.0. The molecule has 0 aliphatic rings. The Labute approximate surface area is 513 Å². The first-order valence-electron chi connectivity index (χ1n) is 37.7. The molecule has 0 aliphatic heterocycles. The van der Waals surface area contributed by atoms with E-state index in [4.69, 9.17) is 14.2 Å². The van der Waals surface area contributed by atoms with Crippen molar-refractivity contribution in [2.75, 3.05) is 13.2 Å². The van der Waals surface area contributed by atoms with Gasteiger partial charge in [0.1, 0.15) is 13.2 Å². The van der Waals surface area contributed by atoms with E-state index in [0.717, 1.165) is 57.8 Å². The van der Waals surface area contributed by atoms with Gasteiger partial charge in [-0.3, -0.25) is 14.4 Å². The SMILES string of the molecule is CCCCCCCCCC/C=C\CCCCCCCCCCCCCCCC(=O)OC(COC(=O)CCCCCCCCCC)COC(=O)CCCCCCCCCCCCCCCCCCCCCCCCCCCCCCCCC. The highest BCUT2D eigenvalue weighted by Crippen LogP contribution is 2.20. The summed E-state index contributed by atoms with van der Waals surface area (Å²) >= 11 is 0. The molecule has 0 heterocycles. The fraction of sp³-hybridized carbons (Fsp3) is 0.934. The first-order chi connectivity index (χ1) is 40.5. The van der Waals surface area contributed by atoms with E-state index < -0.39 is 6.10 Å². The number of hydrogen-bond donors (Lipinski definition) is 0. The molecular weight excluding hydrogens is 1010 g/mol. The minimum absolute atomic E-state index is 0.0632. The zero-order chi connectivity index (χ0) is 59.2. The van der Waals surface area contributed by atoms with Gasteiger partial charge in [-0.15, -0.1) is 0 Å². The van der Waals surface area contributed by atoms with Crippen LogP contribution in [0.5, 0.6) is 0 Å². The van der Waals surface area contributed by atoms with Crippen LogP contribution in [0.1, 0.15) is 438 Å². The number of carbonyl (C=O) groups is 3.